The second-order valence-corrected chi connectivity index (χ2v) is 5.65. The molecule has 3 atom stereocenters. The highest BCUT2D eigenvalue weighted by Gasteiger charge is 2.43. The van der Waals surface area contributed by atoms with Crippen LogP contribution < -0.4 is 5.73 Å². The highest BCUT2D eigenvalue weighted by atomic mass is 35.5. The molecule has 4 heteroatoms. The average Bonchev–Trinajstić information content (AvgIpc) is 2.91. The number of carbonyl (C=O) groups is 1. The van der Waals surface area contributed by atoms with Crippen molar-refractivity contribution in [1.82, 2.24) is 4.90 Å². The summed E-state index contributed by atoms with van der Waals surface area (Å²) in [5.74, 6) is 1.45. The predicted molar refractivity (Wildman–Crippen MR) is 81.1 cm³/mol. The van der Waals surface area contributed by atoms with Crippen molar-refractivity contribution in [2.45, 2.75) is 31.7 Å². The van der Waals surface area contributed by atoms with Gasteiger partial charge in [0.05, 0.1) is 0 Å². The van der Waals surface area contributed by atoms with Crippen molar-refractivity contribution in [1.29, 1.82) is 0 Å². The van der Waals surface area contributed by atoms with E-state index in [1.807, 2.05) is 17.1 Å². The van der Waals surface area contributed by atoms with Crippen molar-refractivity contribution < 1.29 is 4.79 Å². The van der Waals surface area contributed by atoms with E-state index in [0.29, 0.717) is 17.9 Å². The number of amides is 1. The molecule has 3 unspecified atom stereocenters. The lowest BCUT2D eigenvalue weighted by molar-refractivity contribution is -0.134. The fourth-order valence-corrected chi connectivity index (χ4v) is 3.45. The van der Waals surface area contributed by atoms with E-state index in [1.165, 1.54) is 6.42 Å². The van der Waals surface area contributed by atoms with Crippen molar-refractivity contribution in [3.63, 3.8) is 0 Å². The molecule has 1 heterocycles. The Morgan fingerprint density at radius 1 is 1.26 bits per heavy atom. The Bertz CT molecular complexity index is 335. The lowest BCUT2D eigenvalue weighted by Crippen LogP contribution is -2.37. The third-order valence-electron chi connectivity index (χ3n) is 4.48. The molecule has 19 heavy (non-hydrogen) atoms. The number of nitrogens with two attached hydrogens (primary N) is 1. The van der Waals surface area contributed by atoms with Crippen LogP contribution in [0.1, 0.15) is 25.7 Å². The molecule has 1 saturated heterocycles. The number of allylic oxidation sites excluding steroid dienone is 2. The van der Waals surface area contributed by atoms with Crippen LogP contribution in [0, 0.1) is 17.8 Å². The first kappa shape index (κ1) is 16.3. The average molecular weight is 285 g/mol. The second-order valence-electron chi connectivity index (χ2n) is 5.65. The fraction of sp³-hybridized carbons (Fsp3) is 0.667. The summed E-state index contributed by atoms with van der Waals surface area (Å²) in [4.78, 5) is 14.5. The number of halogens is 1. The number of nitrogens with zero attached hydrogens (tertiary/aromatic N) is 1. The molecule has 1 aliphatic heterocycles. The fourth-order valence-electron chi connectivity index (χ4n) is 3.45. The summed E-state index contributed by atoms with van der Waals surface area (Å²) in [6.07, 6.45) is 7.44. The molecule has 0 aromatic heterocycles. The third kappa shape index (κ3) is 3.40. The predicted octanol–water partition coefficient (Wildman–Crippen LogP) is 2.37. The number of rotatable bonds is 5. The summed E-state index contributed by atoms with van der Waals surface area (Å²) in [7, 11) is 0. The number of fused-ring (bicyclic) bond motifs is 1. The van der Waals surface area contributed by atoms with Crippen LogP contribution in [-0.2, 0) is 4.79 Å². The number of likely N-dealkylation sites (tertiary alicyclic amines) is 1. The summed E-state index contributed by atoms with van der Waals surface area (Å²) in [5.41, 5.74) is 6.11. The summed E-state index contributed by atoms with van der Waals surface area (Å²) in [6.45, 7) is 9.23. The quantitative estimate of drug-likeness (QED) is 0.788. The monoisotopic (exact) mass is 284 g/mol. The van der Waals surface area contributed by atoms with E-state index < -0.39 is 0 Å². The molecule has 0 aromatic rings. The lowest BCUT2D eigenvalue weighted by Gasteiger charge is -2.23. The molecule has 0 aromatic carbocycles. The molecule has 2 N–H and O–H groups in total. The molecule has 108 valence electrons. The molecule has 1 saturated carbocycles. The Balaban J connectivity index is 0.00000180. The van der Waals surface area contributed by atoms with Gasteiger partial charge in [0.1, 0.15) is 0 Å². The van der Waals surface area contributed by atoms with Gasteiger partial charge in [0.15, 0.2) is 0 Å². The van der Waals surface area contributed by atoms with Gasteiger partial charge in [0, 0.05) is 25.0 Å². The van der Waals surface area contributed by atoms with Crippen molar-refractivity contribution >= 4 is 18.3 Å². The van der Waals surface area contributed by atoms with Crippen LogP contribution in [-0.4, -0.2) is 29.9 Å². The minimum Gasteiger partial charge on any atom is -0.342 e. The van der Waals surface area contributed by atoms with Gasteiger partial charge in [-0.05, 0) is 37.5 Å². The molecule has 0 spiro atoms. The topological polar surface area (TPSA) is 46.3 Å². The van der Waals surface area contributed by atoms with Crippen molar-refractivity contribution in [2.75, 3.05) is 13.1 Å². The first-order valence-electron chi connectivity index (χ1n) is 6.93. The highest BCUT2D eigenvalue weighted by Crippen LogP contribution is 2.37. The van der Waals surface area contributed by atoms with Gasteiger partial charge >= 0.3 is 0 Å². The molecule has 0 radical (unpaired) electrons. The van der Waals surface area contributed by atoms with Gasteiger partial charge < -0.3 is 10.6 Å². The number of hydrogen-bond acceptors (Lipinski definition) is 2. The van der Waals surface area contributed by atoms with Gasteiger partial charge in [0.2, 0.25) is 5.91 Å². The van der Waals surface area contributed by atoms with Gasteiger partial charge in [-0.1, -0.05) is 12.2 Å². The van der Waals surface area contributed by atoms with E-state index in [1.54, 1.807) is 0 Å². The maximum absolute atomic E-state index is 12.5. The number of hydrogen-bond donors (Lipinski definition) is 1. The van der Waals surface area contributed by atoms with Crippen LogP contribution in [0.15, 0.2) is 25.3 Å². The largest absolute Gasteiger partial charge is 0.342 e. The van der Waals surface area contributed by atoms with Crippen LogP contribution in [0.4, 0.5) is 0 Å². The van der Waals surface area contributed by atoms with Crippen LogP contribution >= 0.6 is 12.4 Å². The smallest absolute Gasteiger partial charge is 0.226 e. The standard InChI is InChI=1S/C15H24N2O.ClH/c1-3-5-11(6-4-2)15(18)17-9-12-7-8-14(16)13(12)10-17;/h3-4,11-14H,1-2,5-10,16H2;1H. The Morgan fingerprint density at radius 3 is 2.42 bits per heavy atom. The summed E-state index contributed by atoms with van der Waals surface area (Å²) in [6, 6.07) is 0.296. The molecule has 1 amide bonds. The Hall–Kier alpha value is -0.800. The van der Waals surface area contributed by atoms with E-state index in [4.69, 9.17) is 5.73 Å². The van der Waals surface area contributed by atoms with Crippen LogP contribution in [0.2, 0.25) is 0 Å². The summed E-state index contributed by atoms with van der Waals surface area (Å²) < 4.78 is 0. The van der Waals surface area contributed by atoms with E-state index in [9.17, 15) is 4.79 Å². The molecule has 0 bridgehead atoms. The van der Waals surface area contributed by atoms with Crippen LogP contribution in [0.25, 0.3) is 0 Å². The molecule has 3 nitrogen and oxygen atoms in total. The Kier molecular flexibility index (Phi) is 6.08. The van der Waals surface area contributed by atoms with Gasteiger partial charge in [-0.15, -0.1) is 25.6 Å². The third-order valence-corrected chi connectivity index (χ3v) is 4.48. The van der Waals surface area contributed by atoms with Gasteiger partial charge in [-0.3, -0.25) is 4.79 Å². The lowest BCUT2D eigenvalue weighted by atomic mass is 9.98. The molecular weight excluding hydrogens is 260 g/mol. The molecule has 1 aliphatic carbocycles. The van der Waals surface area contributed by atoms with Crippen molar-refractivity contribution in [2.24, 2.45) is 23.5 Å². The molecule has 2 aliphatic rings. The SMILES string of the molecule is C=CCC(CC=C)C(=O)N1CC2CCC(N)C2C1.Cl. The summed E-state index contributed by atoms with van der Waals surface area (Å²) in [5, 5.41) is 0. The number of carbonyl (C=O) groups excluding carboxylic acids is 1. The molecule has 2 fully saturated rings. The minimum atomic E-state index is 0. The maximum Gasteiger partial charge on any atom is 0.226 e. The first-order chi connectivity index (χ1) is 8.67. The van der Waals surface area contributed by atoms with Gasteiger partial charge in [-0.25, -0.2) is 0 Å². The second kappa shape index (κ2) is 7.11. The zero-order valence-electron chi connectivity index (χ0n) is 11.5. The van der Waals surface area contributed by atoms with Crippen LogP contribution in [0.3, 0.4) is 0 Å². The van der Waals surface area contributed by atoms with Gasteiger partial charge in [-0.2, -0.15) is 0 Å². The Morgan fingerprint density at radius 2 is 1.89 bits per heavy atom. The van der Waals surface area contributed by atoms with Crippen molar-refractivity contribution in [3.8, 4) is 0 Å². The van der Waals surface area contributed by atoms with Crippen molar-refractivity contribution in [3.05, 3.63) is 25.3 Å². The molecular formula is C15H25ClN2O. The van der Waals surface area contributed by atoms with E-state index in [0.717, 1.165) is 32.4 Å². The zero-order chi connectivity index (χ0) is 13.1. The van der Waals surface area contributed by atoms with E-state index >= 15 is 0 Å². The minimum absolute atomic E-state index is 0. The zero-order valence-corrected chi connectivity index (χ0v) is 12.3. The molecule has 2 rings (SSSR count). The van der Waals surface area contributed by atoms with Gasteiger partial charge in [0.25, 0.3) is 0 Å². The Labute approximate surface area is 122 Å². The van der Waals surface area contributed by atoms with E-state index in [2.05, 4.69) is 13.2 Å². The first-order valence-corrected chi connectivity index (χ1v) is 6.93. The highest BCUT2D eigenvalue weighted by molar-refractivity contribution is 5.85. The normalized spacial score (nSPS) is 28.9. The maximum atomic E-state index is 12.5. The van der Waals surface area contributed by atoms with E-state index in [-0.39, 0.29) is 24.2 Å². The summed E-state index contributed by atoms with van der Waals surface area (Å²) >= 11 is 0. The van der Waals surface area contributed by atoms with Crippen LogP contribution in [0.5, 0.6) is 0 Å².